The Hall–Kier alpha value is -1.51. The van der Waals surface area contributed by atoms with Gasteiger partial charge in [0.2, 0.25) is 0 Å². The van der Waals surface area contributed by atoms with Crippen LogP contribution in [0.4, 0.5) is 0 Å². The Bertz CT molecular complexity index is 281. The molecule has 0 aliphatic heterocycles. The van der Waals surface area contributed by atoms with Crippen LogP contribution in [0.2, 0.25) is 0 Å². The molecular formula is C8H9NO2. The van der Waals surface area contributed by atoms with Crippen molar-refractivity contribution in [2.75, 3.05) is 0 Å². The molecule has 0 unspecified atom stereocenters. The first-order chi connectivity index (χ1) is 5.24. The molecule has 0 heterocycles. The highest BCUT2D eigenvalue weighted by atomic mass is 16.4. The monoisotopic (exact) mass is 151 g/mol. The molecule has 58 valence electrons. The molecule has 0 aliphatic carbocycles. The van der Waals surface area contributed by atoms with Gasteiger partial charge in [0.1, 0.15) is 5.75 Å². The van der Waals surface area contributed by atoms with Crippen LogP contribution in [0.25, 0.3) is 0 Å². The molecule has 0 saturated carbocycles. The fourth-order valence-electron chi connectivity index (χ4n) is 0.840. The number of nitrogens with zero attached hydrogens (tertiary/aromatic N) is 1. The van der Waals surface area contributed by atoms with Gasteiger partial charge in [0, 0.05) is 5.56 Å². The number of hydrogen-bond donors (Lipinski definition) is 2. The van der Waals surface area contributed by atoms with Crippen LogP contribution in [0.5, 0.6) is 5.75 Å². The van der Waals surface area contributed by atoms with E-state index >= 15 is 0 Å². The van der Waals surface area contributed by atoms with Crippen molar-refractivity contribution in [3.05, 3.63) is 29.3 Å². The molecule has 1 rings (SSSR count). The number of aryl methyl sites for hydroxylation is 1. The molecule has 0 aliphatic rings. The molecule has 0 fully saturated rings. The fourth-order valence-corrected chi connectivity index (χ4v) is 0.840. The minimum atomic E-state index is 0.119. The van der Waals surface area contributed by atoms with E-state index in [-0.39, 0.29) is 5.75 Å². The number of oxime groups is 1. The van der Waals surface area contributed by atoms with Crippen molar-refractivity contribution in [1.82, 2.24) is 0 Å². The number of phenols is 1. The topological polar surface area (TPSA) is 52.8 Å². The summed E-state index contributed by atoms with van der Waals surface area (Å²) in [5.41, 5.74) is 1.53. The molecule has 3 nitrogen and oxygen atoms in total. The summed E-state index contributed by atoms with van der Waals surface area (Å²) in [6, 6.07) is 5.07. The standard InChI is InChI=1S/C8H9NO2/c1-6-2-3-8(10)7(4-6)5-9-11/h2-5,10-11H,1H3/b9-5+. The van der Waals surface area contributed by atoms with E-state index in [2.05, 4.69) is 5.16 Å². The van der Waals surface area contributed by atoms with Gasteiger partial charge in [0.15, 0.2) is 0 Å². The third-order valence-electron chi connectivity index (χ3n) is 1.38. The molecule has 0 bridgehead atoms. The lowest BCUT2D eigenvalue weighted by molar-refractivity contribution is 0.321. The Kier molecular flexibility index (Phi) is 2.11. The van der Waals surface area contributed by atoms with Crippen LogP contribution < -0.4 is 0 Å². The summed E-state index contributed by atoms with van der Waals surface area (Å²) in [6.07, 6.45) is 1.20. The van der Waals surface area contributed by atoms with Crippen LogP contribution in [0.3, 0.4) is 0 Å². The predicted molar refractivity (Wildman–Crippen MR) is 42.2 cm³/mol. The first kappa shape index (κ1) is 7.60. The van der Waals surface area contributed by atoms with Gasteiger partial charge in [0.25, 0.3) is 0 Å². The molecule has 0 aromatic heterocycles. The number of rotatable bonds is 1. The van der Waals surface area contributed by atoms with Crippen molar-refractivity contribution in [2.24, 2.45) is 5.16 Å². The van der Waals surface area contributed by atoms with Crippen LogP contribution in [-0.2, 0) is 0 Å². The van der Waals surface area contributed by atoms with Gasteiger partial charge in [0.05, 0.1) is 6.21 Å². The second-order valence-electron chi connectivity index (χ2n) is 2.31. The lowest BCUT2D eigenvalue weighted by Gasteiger charge is -1.97. The van der Waals surface area contributed by atoms with Gasteiger partial charge in [-0.3, -0.25) is 0 Å². The maximum Gasteiger partial charge on any atom is 0.124 e. The first-order valence-electron chi connectivity index (χ1n) is 3.21. The zero-order valence-electron chi connectivity index (χ0n) is 6.15. The minimum Gasteiger partial charge on any atom is -0.507 e. The van der Waals surface area contributed by atoms with Crippen molar-refractivity contribution in [3.63, 3.8) is 0 Å². The summed E-state index contributed by atoms with van der Waals surface area (Å²) in [5, 5.41) is 20.2. The average Bonchev–Trinajstić information content (AvgIpc) is 1.98. The Morgan fingerprint density at radius 2 is 2.18 bits per heavy atom. The van der Waals surface area contributed by atoms with E-state index in [9.17, 15) is 0 Å². The van der Waals surface area contributed by atoms with Crippen molar-refractivity contribution in [3.8, 4) is 5.75 Å². The molecule has 0 radical (unpaired) electrons. The van der Waals surface area contributed by atoms with E-state index in [1.165, 1.54) is 6.21 Å². The third kappa shape index (κ3) is 1.70. The highest BCUT2D eigenvalue weighted by molar-refractivity contribution is 5.83. The predicted octanol–water partition coefficient (Wildman–Crippen LogP) is 1.51. The van der Waals surface area contributed by atoms with Crippen molar-refractivity contribution in [2.45, 2.75) is 6.92 Å². The van der Waals surface area contributed by atoms with Crippen molar-refractivity contribution >= 4 is 6.21 Å². The number of hydrogen-bond acceptors (Lipinski definition) is 3. The molecular weight excluding hydrogens is 142 g/mol. The summed E-state index contributed by atoms with van der Waals surface area (Å²) < 4.78 is 0. The Labute approximate surface area is 64.6 Å². The lowest BCUT2D eigenvalue weighted by Crippen LogP contribution is -1.83. The maximum absolute atomic E-state index is 9.16. The molecule has 0 spiro atoms. The summed E-state index contributed by atoms with van der Waals surface area (Å²) in [7, 11) is 0. The summed E-state index contributed by atoms with van der Waals surface area (Å²) >= 11 is 0. The van der Waals surface area contributed by atoms with E-state index in [0.29, 0.717) is 5.56 Å². The van der Waals surface area contributed by atoms with E-state index in [0.717, 1.165) is 5.56 Å². The lowest BCUT2D eigenvalue weighted by atomic mass is 10.1. The van der Waals surface area contributed by atoms with Gasteiger partial charge in [-0.1, -0.05) is 16.8 Å². The van der Waals surface area contributed by atoms with Gasteiger partial charge in [-0.25, -0.2) is 0 Å². The van der Waals surface area contributed by atoms with Crippen LogP contribution in [0.15, 0.2) is 23.4 Å². The van der Waals surface area contributed by atoms with Crippen molar-refractivity contribution in [1.29, 1.82) is 0 Å². The quantitative estimate of drug-likeness (QED) is 0.363. The number of phenolic OH excluding ortho intramolecular Hbond substituents is 1. The molecule has 2 N–H and O–H groups in total. The molecule has 3 heteroatoms. The normalized spacial score (nSPS) is 10.6. The smallest absolute Gasteiger partial charge is 0.124 e. The second kappa shape index (κ2) is 3.05. The SMILES string of the molecule is Cc1ccc(O)c(/C=N/O)c1. The molecule has 0 saturated heterocycles. The molecule has 1 aromatic carbocycles. The molecule has 11 heavy (non-hydrogen) atoms. The van der Waals surface area contributed by atoms with E-state index < -0.39 is 0 Å². The van der Waals surface area contributed by atoms with E-state index in [4.69, 9.17) is 10.3 Å². The maximum atomic E-state index is 9.16. The van der Waals surface area contributed by atoms with Gasteiger partial charge in [-0.05, 0) is 19.1 Å². The van der Waals surface area contributed by atoms with Crippen molar-refractivity contribution < 1.29 is 10.3 Å². The highest BCUT2D eigenvalue weighted by Crippen LogP contribution is 2.15. The third-order valence-corrected chi connectivity index (χ3v) is 1.38. The van der Waals surface area contributed by atoms with Crippen LogP contribution in [0.1, 0.15) is 11.1 Å². The van der Waals surface area contributed by atoms with Gasteiger partial charge in [-0.2, -0.15) is 0 Å². The summed E-state index contributed by atoms with van der Waals surface area (Å²) in [4.78, 5) is 0. The fraction of sp³-hybridized carbons (Fsp3) is 0.125. The van der Waals surface area contributed by atoms with Crippen LogP contribution in [0, 0.1) is 6.92 Å². The Morgan fingerprint density at radius 3 is 2.82 bits per heavy atom. The average molecular weight is 151 g/mol. The van der Waals surface area contributed by atoms with E-state index in [1.54, 1.807) is 18.2 Å². The Morgan fingerprint density at radius 1 is 1.45 bits per heavy atom. The zero-order chi connectivity index (χ0) is 8.27. The number of benzene rings is 1. The van der Waals surface area contributed by atoms with Gasteiger partial charge >= 0.3 is 0 Å². The molecule has 0 atom stereocenters. The molecule has 1 aromatic rings. The van der Waals surface area contributed by atoms with Crippen LogP contribution >= 0.6 is 0 Å². The largest absolute Gasteiger partial charge is 0.507 e. The van der Waals surface area contributed by atoms with E-state index in [1.807, 2.05) is 6.92 Å². The summed E-state index contributed by atoms with van der Waals surface area (Å²) in [5.74, 6) is 0.119. The van der Waals surface area contributed by atoms with Gasteiger partial charge < -0.3 is 10.3 Å². The first-order valence-corrected chi connectivity index (χ1v) is 3.21. The van der Waals surface area contributed by atoms with Gasteiger partial charge in [-0.15, -0.1) is 0 Å². The second-order valence-corrected chi connectivity index (χ2v) is 2.31. The number of aromatic hydroxyl groups is 1. The van der Waals surface area contributed by atoms with Crippen LogP contribution in [-0.4, -0.2) is 16.5 Å². The minimum absolute atomic E-state index is 0.119. The summed E-state index contributed by atoms with van der Waals surface area (Å²) in [6.45, 7) is 1.90. The molecule has 0 amide bonds. The zero-order valence-corrected chi connectivity index (χ0v) is 6.15. The highest BCUT2D eigenvalue weighted by Gasteiger charge is 1.96. The Balaban J connectivity index is 3.12.